The first-order chi connectivity index (χ1) is 14.5. The van der Waals surface area contributed by atoms with Crippen molar-refractivity contribution in [2.75, 3.05) is 25.0 Å². The van der Waals surface area contributed by atoms with Crippen LogP contribution in [0.2, 0.25) is 0 Å². The van der Waals surface area contributed by atoms with Crippen molar-refractivity contribution in [1.29, 1.82) is 0 Å². The van der Waals surface area contributed by atoms with E-state index in [0.717, 1.165) is 49.5 Å². The second-order valence-corrected chi connectivity index (χ2v) is 8.00. The van der Waals surface area contributed by atoms with Crippen molar-refractivity contribution in [1.82, 2.24) is 15.2 Å². The van der Waals surface area contributed by atoms with Gasteiger partial charge in [-0.1, -0.05) is 6.07 Å². The number of pyridine rings is 1. The van der Waals surface area contributed by atoms with Crippen molar-refractivity contribution in [3.05, 3.63) is 53.7 Å². The van der Waals surface area contributed by atoms with E-state index in [1.54, 1.807) is 12.3 Å². The zero-order chi connectivity index (χ0) is 20.9. The zero-order valence-corrected chi connectivity index (χ0v) is 16.7. The number of carbonyl (C=O) groups is 1. The molecule has 0 atom stereocenters. The van der Waals surface area contributed by atoms with Crippen molar-refractivity contribution in [3.8, 4) is 5.88 Å². The van der Waals surface area contributed by atoms with Crippen molar-refractivity contribution < 1.29 is 18.3 Å². The van der Waals surface area contributed by atoms with Gasteiger partial charge in [0, 0.05) is 44.5 Å². The number of nitrogens with zero attached hydrogens (tertiary/aromatic N) is 2. The Morgan fingerprint density at radius 1 is 1.13 bits per heavy atom. The first-order valence-electron chi connectivity index (χ1n) is 10.4. The van der Waals surface area contributed by atoms with Crippen molar-refractivity contribution in [3.63, 3.8) is 0 Å². The zero-order valence-electron chi connectivity index (χ0n) is 16.7. The fraction of sp³-hybridized carbons (Fsp3) is 0.455. The summed E-state index contributed by atoms with van der Waals surface area (Å²) in [5.74, 6) is -0.0262. The summed E-state index contributed by atoms with van der Waals surface area (Å²) >= 11 is 0. The molecule has 1 saturated heterocycles. The molecule has 1 aliphatic carbocycles. The number of hydrogen-bond acceptors (Lipinski definition) is 4. The van der Waals surface area contributed by atoms with Crippen molar-refractivity contribution in [2.24, 2.45) is 5.92 Å². The summed E-state index contributed by atoms with van der Waals surface area (Å²) in [5, 5.41) is 4.97. The van der Waals surface area contributed by atoms with Crippen LogP contribution in [0.15, 0.2) is 36.5 Å². The van der Waals surface area contributed by atoms with Gasteiger partial charge in [0.05, 0.1) is 5.69 Å². The van der Waals surface area contributed by atoms with Gasteiger partial charge in [-0.25, -0.2) is 18.6 Å². The fourth-order valence-corrected chi connectivity index (χ4v) is 3.57. The average molecular weight is 416 g/mol. The molecule has 2 N–H and O–H groups in total. The minimum atomic E-state index is -0.827. The lowest BCUT2D eigenvalue weighted by molar-refractivity contribution is 0.0944. The van der Waals surface area contributed by atoms with Gasteiger partial charge in [-0.05, 0) is 49.3 Å². The number of amides is 2. The van der Waals surface area contributed by atoms with Gasteiger partial charge in [-0.2, -0.15) is 0 Å². The summed E-state index contributed by atoms with van der Waals surface area (Å²) in [6.45, 7) is 3.61. The monoisotopic (exact) mass is 416 g/mol. The highest BCUT2D eigenvalue weighted by molar-refractivity contribution is 5.89. The largest absolute Gasteiger partial charge is 0.474 e. The molecule has 160 valence electrons. The lowest BCUT2D eigenvalue weighted by atomic mass is 10.1. The maximum absolute atomic E-state index is 13.6. The van der Waals surface area contributed by atoms with Crippen LogP contribution >= 0.6 is 0 Å². The molecule has 0 spiro atoms. The number of carbonyl (C=O) groups excluding carboxylic acids is 1. The molecule has 2 aromatic rings. The second kappa shape index (κ2) is 9.38. The minimum Gasteiger partial charge on any atom is -0.474 e. The molecule has 2 amide bonds. The standard InChI is InChI=1S/C22H26F2N4O2/c23-17-4-5-20(19(24)11-17)27-22(29)26-13-16-3-6-21(25-12-16)30-18-7-9-28(10-8-18)14-15-1-2-15/h3-6,11-12,15,18H,1-2,7-10,13-14H2,(H2,26,27,29). The number of halogens is 2. The fourth-order valence-electron chi connectivity index (χ4n) is 3.57. The number of piperidine rings is 1. The number of urea groups is 1. The van der Waals surface area contributed by atoms with Gasteiger partial charge in [-0.15, -0.1) is 0 Å². The van der Waals surface area contributed by atoms with Crippen LogP contribution in [0.4, 0.5) is 19.3 Å². The third-order valence-electron chi connectivity index (χ3n) is 5.47. The summed E-state index contributed by atoms with van der Waals surface area (Å²) < 4.78 is 32.5. The first kappa shape index (κ1) is 20.5. The molecule has 0 radical (unpaired) electrons. The van der Waals surface area contributed by atoms with Crippen LogP contribution in [0, 0.1) is 17.6 Å². The molecular weight excluding hydrogens is 390 g/mol. The van der Waals surface area contributed by atoms with Gasteiger partial charge in [0.15, 0.2) is 0 Å². The smallest absolute Gasteiger partial charge is 0.319 e. The molecule has 0 unspecified atom stereocenters. The lowest BCUT2D eigenvalue weighted by Crippen LogP contribution is -2.39. The summed E-state index contributed by atoms with van der Waals surface area (Å²) in [4.78, 5) is 18.8. The lowest BCUT2D eigenvalue weighted by Gasteiger charge is -2.31. The van der Waals surface area contributed by atoms with E-state index in [1.807, 2.05) is 6.07 Å². The Morgan fingerprint density at radius 2 is 1.93 bits per heavy atom. The van der Waals surface area contributed by atoms with E-state index in [4.69, 9.17) is 4.74 Å². The van der Waals surface area contributed by atoms with Gasteiger partial charge in [-0.3, -0.25) is 0 Å². The molecule has 1 aromatic carbocycles. The minimum absolute atomic E-state index is 0.0843. The van der Waals surface area contributed by atoms with E-state index in [-0.39, 0.29) is 18.3 Å². The van der Waals surface area contributed by atoms with E-state index in [2.05, 4.69) is 20.5 Å². The normalized spacial score (nSPS) is 17.5. The number of benzene rings is 1. The quantitative estimate of drug-likeness (QED) is 0.718. The number of nitrogens with one attached hydrogen (secondary N) is 2. The molecule has 1 aliphatic heterocycles. The predicted octanol–water partition coefficient (Wildman–Crippen LogP) is 3.93. The summed E-state index contributed by atoms with van der Waals surface area (Å²) in [6.07, 6.45) is 6.62. The number of ether oxygens (including phenoxy) is 1. The molecule has 30 heavy (non-hydrogen) atoms. The summed E-state index contributed by atoms with van der Waals surface area (Å²) in [6, 6.07) is 6.02. The Hall–Kier alpha value is -2.74. The van der Waals surface area contributed by atoms with Crippen molar-refractivity contribution in [2.45, 2.75) is 38.3 Å². The van der Waals surface area contributed by atoms with E-state index in [9.17, 15) is 13.6 Å². The molecule has 2 aliphatic rings. The van der Waals surface area contributed by atoms with Crippen LogP contribution in [0.25, 0.3) is 0 Å². The number of hydrogen-bond donors (Lipinski definition) is 2. The average Bonchev–Trinajstić information content (AvgIpc) is 3.55. The Balaban J connectivity index is 1.19. The number of rotatable bonds is 7. The first-order valence-corrected chi connectivity index (χ1v) is 10.4. The third-order valence-corrected chi connectivity index (χ3v) is 5.47. The summed E-state index contributed by atoms with van der Waals surface area (Å²) in [5.41, 5.74) is 0.704. The molecule has 0 bridgehead atoms. The van der Waals surface area contributed by atoms with Gasteiger partial charge in [0.2, 0.25) is 5.88 Å². The molecule has 2 fully saturated rings. The third kappa shape index (κ3) is 5.89. The van der Waals surface area contributed by atoms with E-state index in [0.29, 0.717) is 5.88 Å². The van der Waals surface area contributed by atoms with Crippen LogP contribution in [-0.2, 0) is 6.54 Å². The Morgan fingerprint density at radius 3 is 2.60 bits per heavy atom. The maximum Gasteiger partial charge on any atom is 0.319 e. The van der Waals surface area contributed by atoms with Gasteiger partial charge in [0.25, 0.3) is 0 Å². The molecule has 6 nitrogen and oxygen atoms in total. The van der Waals surface area contributed by atoms with Crippen LogP contribution < -0.4 is 15.4 Å². The molecule has 4 rings (SSSR count). The predicted molar refractivity (Wildman–Crippen MR) is 109 cm³/mol. The number of anilines is 1. The van der Waals surface area contributed by atoms with Crippen LogP contribution in [0.1, 0.15) is 31.2 Å². The molecule has 1 saturated carbocycles. The Kier molecular flexibility index (Phi) is 6.42. The van der Waals surface area contributed by atoms with Crippen LogP contribution in [0.3, 0.4) is 0 Å². The van der Waals surface area contributed by atoms with Gasteiger partial charge in [0.1, 0.15) is 17.7 Å². The number of likely N-dealkylation sites (tertiary alicyclic amines) is 1. The topological polar surface area (TPSA) is 66.5 Å². The number of aromatic nitrogens is 1. The van der Waals surface area contributed by atoms with Gasteiger partial charge < -0.3 is 20.3 Å². The highest BCUT2D eigenvalue weighted by Crippen LogP contribution is 2.30. The highest BCUT2D eigenvalue weighted by atomic mass is 19.1. The highest BCUT2D eigenvalue weighted by Gasteiger charge is 2.27. The maximum atomic E-state index is 13.6. The van der Waals surface area contributed by atoms with E-state index < -0.39 is 17.7 Å². The molecule has 1 aromatic heterocycles. The van der Waals surface area contributed by atoms with Gasteiger partial charge >= 0.3 is 6.03 Å². The Bertz CT molecular complexity index is 866. The SMILES string of the molecule is O=C(NCc1ccc(OC2CCN(CC3CC3)CC2)nc1)Nc1ccc(F)cc1F. The summed E-state index contributed by atoms with van der Waals surface area (Å²) in [7, 11) is 0. The Labute approximate surface area is 174 Å². The molecule has 2 heterocycles. The van der Waals surface area contributed by atoms with Crippen molar-refractivity contribution >= 4 is 11.7 Å². The molecular formula is C22H26F2N4O2. The van der Waals surface area contributed by atoms with E-state index in [1.165, 1.54) is 25.5 Å². The van der Waals surface area contributed by atoms with Crippen LogP contribution in [-0.4, -0.2) is 41.7 Å². The van der Waals surface area contributed by atoms with Crippen LogP contribution in [0.5, 0.6) is 5.88 Å². The molecule has 8 heteroatoms. The second-order valence-electron chi connectivity index (χ2n) is 8.00. The van der Waals surface area contributed by atoms with E-state index >= 15 is 0 Å².